The lowest BCUT2D eigenvalue weighted by Crippen LogP contribution is -2.44. The van der Waals surface area contributed by atoms with Crippen molar-refractivity contribution in [2.24, 2.45) is 0 Å². The Morgan fingerprint density at radius 2 is 2.04 bits per heavy atom. The van der Waals surface area contributed by atoms with Crippen molar-refractivity contribution in [1.82, 2.24) is 14.9 Å². The van der Waals surface area contributed by atoms with E-state index in [0.717, 1.165) is 24.1 Å². The maximum atomic E-state index is 13.0. The number of carbonyl (C=O) groups excluding carboxylic acids is 1. The van der Waals surface area contributed by atoms with E-state index in [4.69, 9.17) is 0 Å². The van der Waals surface area contributed by atoms with Gasteiger partial charge in [0, 0.05) is 18.4 Å². The summed E-state index contributed by atoms with van der Waals surface area (Å²) in [6.45, 7) is 4.65. The van der Waals surface area contributed by atoms with Gasteiger partial charge < -0.3 is 4.90 Å². The Hall–Kier alpha value is -2.30. The first-order valence-electron chi connectivity index (χ1n) is 7.84. The molecule has 1 saturated heterocycles. The molecule has 0 bridgehead atoms. The molecule has 1 fully saturated rings. The third-order valence-electron chi connectivity index (χ3n) is 4.49. The first kappa shape index (κ1) is 15.6. The van der Waals surface area contributed by atoms with E-state index in [2.05, 4.69) is 9.97 Å². The first-order chi connectivity index (χ1) is 11.0. The molecule has 3 rings (SSSR count). The zero-order valence-electron chi connectivity index (χ0n) is 13.4. The number of rotatable bonds is 3. The van der Waals surface area contributed by atoms with Gasteiger partial charge >= 0.3 is 0 Å². The van der Waals surface area contributed by atoms with Crippen LogP contribution in [0.3, 0.4) is 0 Å². The van der Waals surface area contributed by atoms with Crippen LogP contribution in [0.25, 0.3) is 0 Å². The summed E-state index contributed by atoms with van der Waals surface area (Å²) in [4.78, 5) is 23.5. The van der Waals surface area contributed by atoms with Gasteiger partial charge in [0.25, 0.3) is 0 Å². The fourth-order valence-corrected chi connectivity index (χ4v) is 3.18. The molecule has 2 heterocycles. The Labute approximate surface area is 135 Å². The van der Waals surface area contributed by atoms with E-state index in [9.17, 15) is 9.18 Å². The summed E-state index contributed by atoms with van der Waals surface area (Å²) in [5.41, 5.74) is 1.24. The van der Waals surface area contributed by atoms with Gasteiger partial charge in [-0.2, -0.15) is 0 Å². The third kappa shape index (κ3) is 3.09. The number of nitrogens with zero attached hydrogens (tertiary/aromatic N) is 3. The number of likely N-dealkylation sites (tertiary alicyclic amines) is 1. The van der Waals surface area contributed by atoms with Crippen molar-refractivity contribution in [2.45, 2.75) is 38.6 Å². The number of halogens is 1. The van der Waals surface area contributed by atoms with Crippen LogP contribution in [0, 0.1) is 12.7 Å². The maximum absolute atomic E-state index is 13.0. The molecule has 0 saturated carbocycles. The molecule has 1 aliphatic rings. The van der Waals surface area contributed by atoms with Crippen LogP contribution in [0.15, 0.2) is 36.5 Å². The molecule has 1 aliphatic heterocycles. The van der Waals surface area contributed by atoms with E-state index >= 15 is 0 Å². The maximum Gasteiger partial charge on any atom is 0.227 e. The van der Waals surface area contributed by atoms with Crippen molar-refractivity contribution in [1.29, 1.82) is 0 Å². The van der Waals surface area contributed by atoms with Gasteiger partial charge in [-0.25, -0.2) is 14.4 Å². The second-order valence-corrected chi connectivity index (χ2v) is 6.25. The van der Waals surface area contributed by atoms with Gasteiger partial charge in [0.05, 0.1) is 12.0 Å². The third-order valence-corrected chi connectivity index (χ3v) is 4.49. The summed E-state index contributed by atoms with van der Waals surface area (Å²) >= 11 is 0. The van der Waals surface area contributed by atoms with Crippen molar-refractivity contribution >= 4 is 5.91 Å². The molecule has 1 atom stereocenters. The minimum atomic E-state index is -0.469. The zero-order chi connectivity index (χ0) is 16.4. The van der Waals surface area contributed by atoms with Crippen LogP contribution in [0.4, 0.5) is 4.39 Å². The molecule has 1 aromatic heterocycles. The highest BCUT2D eigenvalue weighted by Crippen LogP contribution is 2.37. The number of amides is 1. The van der Waals surface area contributed by atoms with E-state index in [1.54, 1.807) is 18.3 Å². The molecule has 1 unspecified atom stereocenters. The summed E-state index contributed by atoms with van der Waals surface area (Å²) in [6, 6.07) is 7.94. The van der Waals surface area contributed by atoms with E-state index in [0.29, 0.717) is 12.4 Å². The second-order valence-electron chi connectivity index (χ2n) is 6.25. The molecule has 2 aromatic rings. The van der Waals surface area contributed by atoms with Crippen LogP contribution < -0.4 is 0 Å². The van der Waals surface area contributed by atoms with Crippen LogP contribution in [0.5, 0.6) is 0 Å². The molecule has 5 heteroatoms. The number of aromatic nitrogens is 2. The van der Waals surface area contributed by atoms with Crippen molar-refractivity contribution in [3.8, 4) is 0 Å². The lowest BCUT2D eigenvalue weighted by molar-refractivity contribution is -0.134. The molecule has 0 aliphatic carbocycles. The Kier molecular flexibility index (Phi) is 4.11. The number of carbonyl (C=O) groups is 1. The van der Waals surface area contributed by atoms with Crippen molar-refractivity contribution in [2.75, 3.05) is 6.54 Å². The highest BCUT2D eigenvalue weighted by atomic mass is 19.1. The lowest BCUT2D eigenvalue weighted by atomic mass is 9.96. The number of hydrogen-bond acceptors (Lipinski definition) is 3. The van der Waals surface area contributed by atoms with Crippen LogP contribution >= 0.6 is 0 Å². The smallest absolute Gasteiger partial charge is 0.227 e. The van der Waals surface area contributed by atoms with Crippen LogP contribution in [-0.4, -0.2) is 27.3 Å². The predicted octanol–water partition coefficient (Wildman–Crippen LogP) is 3.00. The molecule has 0 spiro atoms. The highest BCUT2D eigenvalue weighted by Gasteiger charge is 2.43. The van der Waals surface area contributed by atoms with Crippen molar-refractivity contribution in [3.63, 3.8) is 0 Å². The topological polar surface area (TPSA) is 46.1 Å². The van der Waals surface area contributed by atoms with Crippen LogP contribution in [0.1, 0.15) is 36.8 Å². The molecular weight excluding hydrogens is 293 g/mol. The number of hydrogen-bond donors (Lipinski definition) is 0. The molecule has 120 valence electrons. The van der Waals surface area contributed by atoms with E-state index in [-0.39, 0.29) is 18.1 Å². The Bertz CT molecular complexity index is 716. The second kappa shape index (κ2) is 6.07. The van der Waals surface area contributed by atoms with Crippen molar-refractivity contribution in [3.05, 3.63) is 59.4 Å². The predicted molar refractivity (Wildman–Crippen MR) is 85.2 cm³/mol. The van der Waals surface area contributed by atoms with Crippen LogP contribution in [0.2, 0.25) is 0 Å². The minimum absolute atomic E-state index is 0.0294. The summed E-state index contributed by atoms with van der Waals surface area (Å²) in [6.07, 6.45) is 3.79. The normalized spacial score (nSPS) is 20.7. The fourth-order valence-electron chi connectivity index (χ4n) is 3.18. The van der Waals surface area contributed by atoms with Gasteiger partial charge in [-0.1, -0.05) is 12.1 Å². The Morgan fingerprint density at radius 1 is 1.30 bits per heavy atom. The molecule has 0 N–H and O–H groups in total. The number of aryl methyl sites for hydroxylation is 1. The number of benzene rings is 1. The van der Waals surface area contributed by atoms with Gasteiger partial charge in [-0.15, -0.1) is 0 Å². The summed E-state index contributed by atoms with van der Waals surface area (Å²) in [5, 5.41) is 0. The highest BCUT2D eigenvalue weighted by molar-refractivity contribution is 5.80. The Balaban J connectivity index is 1.83. The first-order valence-corrected chi connectivity index (χ1v) is 7.84. The molecule has 1 amide bonds. The zero-order valence-corrected chi connectivity index (χ0v) is 13.4. The molecular formula is C18H20FN3O. The van der Waals surface area contributed by atoms with E-state index in [1.165, 1.54) is 12.1 Å². The summed E-state index contributed by atoms with van der Waals surface area (Å²) < 4.78 is 13.0. The molecule has 23 heavy (non-hydrogen) atoms. The summed E-state index contributed by atoms with van der Waals surface area (Å²) in [5.74, 6) is 0.435. The monoisotopic (exact) mass is 313 g/mol. The van der Waals surface area contributed by atoms with Gasteiger partial charge in [0.1, 0.15) is 5.82 Å². The van der Waals surface area contributed by atoms with Crippen molar-refractivity contribution < 1.29 is 9.18 Å². The van der Waals surface area contributed by atoms with E-state index < -0.39 is 5.54 Å². The van der Waals surface area contributed by atoms with Gasteiger partial charge in [-0.05, 0) is 50.5 Å². The van der Waals surface area contributed by atoms with Gasteiger partial charge in [0.15, 0.2) is 5.82 Å². The quantitative estimate of drug-likeness (QED) is 0.875. The van der Waals surface area contributed by atoms with Crippen LogP contribution in [-0.2, 0) is 16.8 Å². The summed E-state index contributed by atoms with van der Waals surface area (Å²) in [7, 11) is 0. The standard InChI is InChI=1S/C18H20FN3O/c1-13-8-10-20-17(21-13)18(2)9-3-11-22(18)16(23)12-14-4-6-15(19)7-5-14/h4-8,10H,3,9,11-12H2,1-2H3. The SMILES string of the molecule is Cc1ccnc(C2(C)CCCN2C(=O)Cc2ccc(F)cc2)n1. The fraction of sp³-hybridized carbons (Fsp3) is 0.389. The lowest BCUT2D eigenvalue weighted by Gasteiger charge is -2.34. The van der Waals surface area contributed by atoms with E-state index in [1.807, 2.05) is 24.8 Å². The van der Waals surface area contributed by atoms with Gasteiger partial charge in [-0.3, -0.25) is 4.79 Å². The average Bonchev–Trinajstić information content (AvgIpc) is 2.93. The molecule has 4 nitrogen and oxygen atoms in total. The molecule has 1 aromatic carbocycles. The Morgan fingerprint density at radius 3 is 2.74 bits per heavy atom. The largest absolute Gasteiger partial charge is 0.330 e. The average molecular weight is 313 g/mol. The molecule has 0 radical (unpaired) electrons. The van der Waals surface area contributed by atoms with Gasteiger partial charge in [0.2, 0.25) is 5.91 Å². The minimum Gasteiger partial charge on any atom is -0.330 e.